The molecule has 0 aliphatic rings. The maximum absolute atomic E-state index is 10.3. The highest BCUT2D eigenvalue weighted by Crippen LogP contribution is 1.95. The molecule has 0 aromatic carbocycles. The highest BCUT2D eigenvalue weighted by molar-refractivity contribution is 8.13. The van der Waals surface area contributed by atoms with Crippen molar-refractivity contribution in [2.75, 3.05) is 6.26 Å². The number of carbonyl (C=O) groups is 1. The van der Waals surface area contributed by atoms with E-state index in [-0.39, 0.29) is 11.2 Å². The first-order valence-corrected chi connectivity index (χ1v) is 3.24. The summed E-state index contributed by atoms with van der Waals surface area (Å²) in [4.78, 5) is 10.3. The van der Waals surface area contributed by atoms with Crippen LogP contribution in [0.1, 0.15) is 6.92 Å². The molecular formula is C4H9NOS. The third kappa shape index (κ3) is 2.65. The Hall–Kier alpha value is -0.0200. The van der Waals surface area contributed by atoms with Crippen LogP contribution in [-0.2, 0) is 4.79 Å². The standard InChI is InChI=1S/C4H9NOS/c1-3(5)4(6)7-2/h3H,5H2,1-2H3. The molecule has 0 aliphatic heterocycles. The van der Waals surface area contributed by atoms with E-state index in [2.05, 4.69) is 0 Å². The molecule has 0 spiro atoms. The second-order valence-electron chi connectivity index (χ2n) is 1.31. The SMILES string of the molecule is CSC(=O)C(C)N. The fraction of sp³-hybridized carbons (Fsp3) is 0.750. The number of hydrogen-bond acceptors (Lipinski definition) is 3. The maximum atomic E-state index is 10.3. The van der Waals surface area contributed by atoms with Crippen molar-refractivity contribution in [1.29, 1.82) is 0 Å². The lowest BCUT2D eigenvalue weighted by atomic mass is 10.4. The third-order valence-electron chi connectivity index (χ3n) is 0.573. The van der Waals surface area contributed by atoms with Crippen molar-refractivity contribution in [3.8, 4) is 0 Å². The molecule has 0 saturated heterocycles. The Balaban J connectivity index is 3.35. The summed E-state index contributed by atoms with van der Waals surface area (Å²) in [7, 11) is 0. The fourth-order valence-corrected chi connectivity index (χ4v) is 0.558. The molecule has 7 heavy (non-hydrogen) atoms. The van der Waals surface area contributed by atoms with Gasteiger partial charge in [-0.05, 0) is 13.2 Å². The highest BCUT2D eigenvalue weighted by Gasteiger charge is 2.02. The van der Waals surface area contributed by atoms with Gasteiger partial charge < -0.3 is 5.73 Å². The Kier molecular flexibility index (Phi) is 3.04. The summed E-state index contributed by atoms with van der Waals surface area (Å²) < 4.78 is 0. The molecule has 0 fully saturated rings. The second-order valence-corrected chi connectivity index (χ2v) is 2.12. The Bertz CT molecular complexity index is 72.1. The number of rotatable bonds is 1. The number of nitrogens with two attached hydrogens (primary N) is 1. The zero-order chi connectivity index (χ0) is 5.86. The largest absolute Gasteiger partial charge is 0.321 e. The quantitative estimate of drug-likeness (QED) is 0.537. The van der Waals surface area contributed by atoms with Gasteiger partial charge in [-0.2, -0.15) is 0 Å². The van der Waals surface area contributed by atoms with Gasteiger partial charge in [0, 0.05) is 0 Å². The van der Waals surface area contributed by atoms with E-state index in [4.69, 9.17) is 5.73 Å². The molecule has 3 heteroatoms. The van der Waals surface area contributed by atoms with Gasteiger partial charge in [0.15, 0.2) is 0 Å². The Labute approximate surface area is 47.5 Å². The first kappa shape index (κ1) is 6.98. The van der Waals surface area contributed by atoms with Crippen LogP contribution in [0.2, 0.25) is 0 Å². The van der Waals surface area contributed by atoms with E-state index >= 15 is 0 Å². The van der Waals surface area contributed by atoms with Crippen molar-refractivity contribution in [1.82, 2.24) is 0 Å². The molecule has 0 rings (SSSR count). The molecule has 0 amide bonds. The van der Waals surface area contributed by atoms with Gasteiger partial charge in [-0.3, -0.25) is 4.79 Å². The highest BCUT2D eigenvalue weighted by atomic mass is 32.2. The van der Waals surface area contributed by atoms with E-state index < -0.39 is 0 Å². The molecule has 0 radical (unpaired) electrons. The van der Waals surface area contributed by atoms with Gasteiger partial charge in [0.2, 0.25) is 5.12 Å². The van der Waals surface area contributed by atoms with Crippen LogP contribution in [0.25, 0.3) is 0 Å². The first-order chi connectivity index (χ1) is 3.18. The van der Waals surface area contributed by atoms with Crippen LogP contribution in [0, 0.1) is 0 Å². The summed E-state index contributed by atoms with van der Waals surface area (Å²) in [6, 6.07) is -0.310. The zero-order valence-electron chi connectivity index (χ0n) is 4.47. The van der Waals surface area contributed by atoms with Crippen LogP contribution in [0.15, 0.2) is 0 Å². The molecule has 0 saturated carbocycles. The maximum Gasteiger partial charge on any atom is 0.205 e. The predicted molar refractivity (Wildman–Crippen MR) is 32.2 cm³/mol. The third-order valence-corrected chi connectivity index (χ3v) is 1.35. The van der Waals surface area contributed by atoms with Crippen molar-refractivity contribution < 1.29 is 4.79 Å². The van der Waals surface area contributed by atoms with Crippen LogP contribution in [-0.4, -0.2) is 17.4 Å². The molecule has 2 nitrogen and oxygen atoms in total. The van der Waals surface area contributed by atoms with Crippen LogP contribution in [0.5, 0.6) is 0 Å². The molecule has 0 aromatic rings. The number of hydrogen-bond donors (Lipinski definition) is 1. The lowest BCUT2D eigenvalue weighted by Crippen LogP contribution is -2.23. The van der Waals surface area contributed by atoms with Gasteiger partial charge in [0.05, 0.1) is 6.04 Å². The van der Waals surface area contributed by atoms with Gasteiger partial charge in [-0.15, -0.1) is 0 Å². The minimum absolute atomic E-state index is 0.0417. The smallest absolute Gasteiger partial charge is 0.205 e. The second kappa shape index (κ2) is 3.04. The van der Waals surface area contributed by atoms with Crippen LogP contribution >= 0.6 is 11.8 Å². The monoisotopic (exact) mass is 119 g/mol. The summed E-state index contributed by atoms with van der Waals surface area (Å²) in [5.41, 5.74) is 5.18. The van der Waals surface area contributed by atoms with E-state index in [1.54, 1.807) is 13.2 Å². The molecule has 0 aliphatic carbocycles. The minimum atomic E-state index is -0.310. The number of thioether (sulfide) groups is 1. The summed E-state index contributed by atoms with van der Waals surface area (Å²) >= 11 is 1.17. The van der Waals surface area contributed by atoms with Crippen molar-refractivity contribution in [2.24, 2.45) is 5.73 Å². The topological polar surface area (TPSA) is 43.1 Å². The Morgan fingerprint density at radius 2 is 2.29 bits per heavy atom. The zero-order valence-corrected chi connectivity index (χ0v) is 5.29. The average Bonchev–Trinajstić information content (AvgIpc) is 1.65. The lowest BCUT2D eigenvalue weighted by molar-refractivity contribution is -0.111. The van der Waals surface area contributed by atoms with Gasteiger partial charge in [-0.25, -0.2) is 0 Å². The number of carbonyl (C=O) groups excluding carboxylic acids is 1. The summed E-state index contributed by atoms with van der Waals surface area (Å²) in [6.07, 6.45) is 1.73. The van der Waals surface area contributed by atoms with Crippen LogP contribution < -0.4 is 5.73 Å². The average molecular weight is 119 g/mol. The Morgan fingerprint density at radius 3 is 2.29 bits per heavy atom. The predicted octanol–water partition coefficient (Wildman–Crippen LogP) is 0.223. The minimum Gasteiger partial charge on any atom is -0.321 e. The summed E-state index contributed by atoms with van der Waals surface area (Å²) in [6.45, 7) is 1.68. The van der Waals surface area contributed by atoms with Crippen LogP contribution in [0.4, 0.5) is 0 Å². The molecule has 0 heterocycles. The molecule has 0 aromatic heterocycles. The van der Waals surface area contributed by atoms with Crippen molar-refractivity contribution in [3.63, 3.8) is 0 Å². The fourth-order valence-electron chi connectivity index (χ4n) is 0.186. The van der Waals surface area contributed by atoms with E-state index in [1.165, 1.54) is 11.8 Å². The molecular weight excluding hydrogens is 110 g/mol. The van der Waals surface area contributed by atoms with E-state index in [0.29, 0.717) is 0 Å². The summed E-state index contributed by atoms with van der Waals surface area (Å²) in [5.74, 6) is 0. The molecule has 2 N–H and O–H groups in total. The van der Waals surface area contributed by atoms with Crippen LogP contribution in [0.3, 0.4) is 0 Å². The van der Waals surface area contributed by atoms with Gasteiger partial charge in [0.1, 0.15) is 0 Å². The molecule has 1 atom stereocenters. The van der Waals surface area contributed by atoms with Gasteiger partial charge in [-0.1, -0.05) is 11.8 Å². The van der Waals surface area contributed by atoms with Gasteiger partial charge >= 0.3 is 0 Å². The molecule has 0 bridgehead atoms. The van der Waals surface area contributed by atoms with Gasteiger partial charge in [0.25, 0.3) is 0 Å². The Morgan fingerprint density at radius 1 is 1.86 bits per heavy atom. The van der Waals surface area contributed by atoms with E-state index in [0.717, 1.165) is 0 Å². The van der Waals surface area contributed by atoms with Crippen molar-refractivity contribution in [3.05, 3.63) is 0 Å². The molecule has 42 valence electrons. The van der Waals surface area contributed by atoms with Crippen molar-refractivity contribution in [2.45, 2.75) is 13.0 Å². The molecule has 1 unspecified atom stereocenters. The van der Waals surface area contributed by atoms with E-state index in [9.17, 15) is 4.79 Å². The summed E-state index contributed by atoms with van der Waals surface area (Å²) in [5, 5.41) is 0.0417. The van der Waals surface area contributed by atoms with E-state index in [1.807, 2.05) is 0 Å². The normalized spacial score (nSPS) is 13.6. The lowest BCUT2D eigenvalue weighted by Gasteiger charge is -1.95. The van der Waals surface area contributed by atoms with Crippen molar-refractivity contribution >= 4 is 16.9 Å². The first-order valence-electron chi connectivity index (χ1n) is 2.02.